The minimum atomic E-state index is 0.0752. The molecule has 6 heteroatoms. The summed E-state index contributed by atoms with van der Waals surface area (Å²) in [5.41, 5.74) is 3.55. The van der Waals surface area contributed by atoms with E-state index in [2.05, 4.69) is 79.3 Å². The summed E-state index contributed by atoms with van der Waals surface area (Å²) in [7, 11) is 3.85. The maximum atomic E-state index is 4.05. The predicted molar refractivity (Wildman–Crippen MR) is 83.5 cm³/mol. The Bertz CT molecular complexity index is 548. The van der Waals surface area contributed by atoms with E-state index >= 15 is 0 Å². The largest absolute Gasteiger partial charge is 0.308 e. The second-order valence-corrected chi connectivity index (χ2v) is 5.92. The van der Waals surface area contributed by atoms with Crippen LogP contribution in [0, 0.1) is 10.5 Å². The van der Waals surface area contributed by atoms with Gasteiger partial charge in [-0.25, -0.2) is 4.68 Å². The predicted octanol–water partition coefficient (Wildman–Crippen LogP) is 2.80. The first-order chi connectivity index (χ1) is 8.56. The molecule has 1 heterocycles. The lowest BCUT2D eigenvalue weighted by Crippen LogP contribution is -2.22. The van der Waals surface area contributed by atoms with E-state index in [4.69, 9.17) is 0 Å². The van der Waals surface area contributed by atoms with Crippen LogP contribution < -0.4 is 5.32 Å². The van der Waals surface area contributed by atoms with Crippen molar-refractivity contribution >= 4 is 38.5 Å². The summed E-state index contributed by atoms with van der Waals surface area (Å²) in [5.74, 6) is 0. The molecule has 96 valence electrons. The van der Waals surface area contributed by atoms with Gasteiger partial charge in [0.2, 0.25) is 0 Å². The quantitative estimate of drug-likeness (QED) is 0.776. The Morgan fingerprint density at radius 2 is 2.17 bits per heavy atom. The van der Waals surface area contributed by atoms with E-state index < -0.39 is 0 Å². The number of benzene rings is 1. The maximum Gasteiger partial charge on any atom is 0.153 e. The summed E-state index contributed by atoms with van der Waals surface area (Å²) < 4.78 is 3.84. The summed E-state index contributed by atoms with van der Waals surface area (Å²) in [6, 6.07) is 6.41. The molecule has 0 fully saturated rings. The first kappa shape index (κ1) is 14.0. The molecular formula is C12H14BrIN4. The van der Waals surface area contributed by atoms with Gasteiger partial charge in [0.1, 0.15) is 0 Å². The molecule has 0 bridgehead atoms. The van der Waals surface area contributed by atoms with Crippen molar-refractivity contribution in [1.29, 1.82) is 0 Å². The standard InChI is InChI=1S/C12H14BrIN4/c1-7-5-4-6-8(9(7)14)10(15-2)11-12(13)16-17-18(11)3/h4-6,10,15H,1-3H3. The summed E-state index contributed by atoms with van der Waals surface area (Å²) in [5, 5.41) is 11.4. The number of hydrogen-bond donors (Lipinski definition) is 1. The van der Waals surface area contributed by atoms with Gasteiger partial charge in [0.25, 0.3) is 0 Å². The van der Waals surface area contributed by atoms with Crippen molar-refractivity contribution in [2.75, 3.05) is 7.05 Å². The Labute approximate surface area is 128 Å². The molecule has 0 aliphatic rings. The maximum absolute atomic E-state index is 4.05. The van der Waals surface area contributed by atoms with Gasteiger partial charge in [-0.1, -0.05) is 23.4 Å². The van der Waals surface area contributed by atoms with Crippen molar-refractivity contribution in [2.45, 2.75) is 13.0 Å². The van der Waals surface area contributed by atoms with Gasteiger partial charge in [-0.05, 0) is 63.6 Å². The Morgan fingerprint density at radius 1 is 1.44 bits per heavy atom. The molecule has 0 spiro atoms. The zero-order valence-electron chi connectivity index (χ0n) is 10.4. The Balaban J connectivity index is 2.56. The molecular weight excluding hydrogens is 407 g/mol. The van der Waals surface area contributed by atoms with Crippen LogP contribution in [0.3, 0.4) is 0 Å². The van der Waals surface area contributed by atoms with Crippen LogP contribution in [0.1, 0.15) is 22.9 Å². The SMILES string of the molecule is CNC(c1cccc(C)c1I)c1c(Br)nnn1C. The summed E-state index contributed by atoms with van der Waals surface area (Å²) in [4.78, 5) is 0. The highest BCUT2D eigenvalue weighted by Gasteiger charge is 2.22. The fraction of sp³-hybridized carbons (Fsp3) is 0.333. The van der Waals surface area contributed by atoms with E-state index in [1.54, 1.807) is 4.68 Å². The molecule has 1 unspecified atom stereocenters. The second-order valence-electron chi connectivity index (χ2n) is 4.09. The number of nitrogens with one attached hydrogen (secondary N) is 1. The van der Waals surface area contributed by atoms with Crippen molar-refractivity contribution < 1.29 is 0 Å². The van der Waals surface area contributed by atoms with Crippen LogP contribution in [0.4, 0.5) is 0 Å². The van der Waals surface area contributed by atoms with Crippen LogP contribution in [0.15, 0.2) is 22.8 Å². The molecule has 0 saturated carbocycles. The average Bonchev–Trinajstić information content (AvgIpc) is 2.67. The van der Waals surface area contributed by atoms with Gasteiger partial charge in [0.15, 0.2) is 4.60 Å². The van der Waals surface area contributed by atoms with Gasteiger partial charge >= 0.3 is 0 Å². The third kappa shape index (κ3) is 2.46. The third-order valence-corrected chi connectivity index (χ3v) is 4.96. The molecule has 18 heavy (non-hydrogen) atoms. The fourth-order valence-corrected chi connectivity index (χ4v) is 3.21. The van der Waals surface area contributed by atoms with Crippen LogP contribution in [-0.4, -0.2) is 22.0 Å². The first-order valence-electron chi connectivity index (χ1n) is 5.53. The number of aromatic nitrogens is 3. The molecule has 0 radical (unpaired) electrons. The first-order valence-corrected chi connectivity index (χ1v) is 7.40. The summed E-state index contributed by atoms with van der Waals surface area (Å²) >= 11 is 5.85. The van der Waals surface area contributed by atoms with Gasteiger partial charge in [0, 0.05) is 10.6 Å². The molecule has 0 aliphatic carbocycles. The van der Waals surface area contributed by atoms with Crippen molar-refractivity contribution in [3.63, 3.8) is 0 Å². The van der Waals surface area contributed by atoms with Gasteiger partial charge in [-0.15, -0.1) is 5.10 Å². The topological polar surface area (TPSA) is 42.7 Å². The Morgan fingerprint density at radius 3 is 2.72 bits per heavy atom. The Hall–Kier alpha value is -0.470. The molecule has 4 nitrogen and oxygen atoms in total. The van der Waals surface area contributed by atoms with E-state index in [1.165, 1.54) is 14.7 Å². The number of rotatable bonds is 3. The fourth-order valence-electron chi connectivity index (χ4n) is 1.98. The second kappa shape index (κ2) is 5.66. The molecule has 1 atom stereocenters. The normalized spacial score (nSPS) is 12.7. The van der Waals surface area contributed by atoms with Crippen molar-refractivity contribution in [3.8, 4) is 0 Å². The van der Waals surface area contributed by atoms with Gasteiger partial charge in [-0.3, -0.25) is 0 Å². The molecule has 2 aromatic rings. The molecule has 2 rings (SSSR count). The minimum Gasteiger partial charge on any atom is -0.308 e. The zero-order chi connectivity index (χ0) is 13.3. The summed E-state index contributed by atoms with van der Waals surface area (Å²) in [6.07, 6.45) is 0. The highest BCUT2D eigenvalue weighted by molar-refractivity contribution is 14.1. The van der Waals surface area contributed by atoms with Gasteiger partial charge < -0.3 is 5.32 Å². The van der Waals surface area contributed by atoms with Crippen LogP contribution in [-0.2, 0) is 7.05 Å². The zero-order valence-corrected chi connectivity index (χ0v) is 14.2. The summed E-state index contributed by atoms with van der Waals surface area (Å²) in [6.45, 7) is 2.12. The number of hydrogen-bond acceptors (Lipinski definition) is 3. The monoisotopic (exact) mass is 420 g/mol. The van der Waals surface area contributed by atoms with Crippen molar-refractivity contribution in [3.05, 3.63) is 43.2 Å². The lowest BCUT2D eigenvalue weighted by molar-refractivity contribution is 0.595. The third-order valence-electron chi connectivity index (χ3n) is 2.92. The molecule has 1 aromatic carbocycles. The van der Waals surface area contributed by atoms with Gasteiger partial charge in [0.05, 0.1) is 11.7 Å². The van der Waals surface area contributed by atoms with Crippen LogP contribution in [0.5, 0.6) is 0 Å². The number of nitrogens with zero attached hydrogens (tertiary/aromatic N) is 3. The lowest BCUT2D eigenvalue weighted by Gasteiger charge is -2.19. The van der Waals surface area contributed by atoms with Crippen molar-refractivity contribution in [1.82, 2.24) is 20.3 Å². The minimum absolute atomic E-state index is 0.0752. The van der Waals surface area contributed by atoms with E-state index in [1.807, 2.05) is 14.1 Å². The highest BCUT2D eigenvalue weighted by atomic mass is 127. The average molecular weight is 421 g/mol. The van der Waals surface area contributed by atoms with E-state index in [0.29, 0.717) is 0 Å². The highest BCUT2D eigenvalue weighted by Crippen LogP contribution is 2.30. The van der Waals surface area contributed by atoms with Crippen LogP contribution in [0.2, 0.25) is 0 Å². The van der Waals surface area contributed by atoms with E-state index in [-0.39, 0.29) is 6.04 Å². The number of halogens is 2. The van der Waals surface area contributed by atoms with Crippen LogP contribution in [0.25, 0.3) is 0 Å². The van der Waals surface area contributed by atoms with Crippen LogP contribution >= 0.6 is 38.5 Å². The smallest absolute Gasteiger partial charge is 0.153 e. The van der Waals surface area contributed by atoms with Crippen molar-refractivity contribution in [2.24, 2.45) is 7.05 Å². The lowest BCUT2D eigenvalue weighted by atomic mass is 10.0. The Kier molecular flexibility index (Phi) is 4.39. The van der Waals surface area contributed by atoms with E-state index in [0.717, 1.165) is 10.3 Å². The molecule has 1 aromatic heterocycles. The van der Waals surface area contributed by atoms with Gasteiger partial charge in [-0.2, -0.15) is 0 Å². The molecule has 0 amide bonds. The number of aryl methyl sites for hydroxylation is 2. The van der Waals surface area contributed by atoms with E-state index in [9.17, 15) is 0 Å². The molecule has 0 saturated heterocycles. The molecule has 0 aliphatic heterocycles. The molecule has 1 N–H and O–H groups in total.